The molecule has 18 heavy (non-hydrogen) atoms. The fourth-order valence-electron chi connectivity index (χ4n) is 1.90. The van der Waals surface area contributed by atoms with E-state index in [0.29, 0.717) is 6.61 Å². The molecule has 0 aliphatic carbocycles. The summed E-state index contributed by atoms with van der Waals surface area (Å²) in [6, 6.07) is 8.80. The molecule has 4 nitrogen and oxygen atoms in total. The number of nitrogens with zero attached hydrogens (tertiary/aromatic N) is 1. The highest BCUT2D eigenvalue weighted by Crippen LogP contribution is 2.19. The van der Waals surface area contributed by atoms with Gasteiger partial charge in [-0.25, -0.2) is 0 Å². The molecule has 1 amide bonds. The summed E-state index contributed by atoms with van der Waals surface area (Å²) in [5, 5.41) is 11.8. The minimum absolute atomic E-state index is 0.209. The zero-order valence-electron chi connectivity index (χ0n) is 9.73. The molecule has 1 saturated heterocycles. The molecule has 1 aromatic rings. The lowest BCUT2D eigenvalue weighted by atomic mass is 10.1. The molecule has 1 aromatic carbocycles. The molecule has 0 spiro atoms. The van der Waals surface area contributed by atoms with Gasteiger partial charge in [0.05, 0.1) is 6.07 Å². The van der Waals surface area contributed by atoms with Crippen molar-refractivity contribution in [2.75, 3.05) is 6.61 Å². The summed E-state index contributed by atoms with van der Waals surface area (Å²) in [5.74, 6) is -0.209. The molecule has 0 radical (unpaired) electrons. The van der Waals surface area contributed by atoms with Crippen molar-refractivity contribution >= 4 is 21.8 Å². The van der Waals surface area contributed by atoms with Crippen LogP contribution in [-0.2, 0) is 9.53 Å². The van der Waals surface area contributed by atoms with Crippen molar-refractivity contribution in [1.29, 1.82) is 5.26 Å². The Balaban J connectivity index is 2.05. The van der Waals surface area contributed by atoms with Crippen molar-refractivity contribution in [3.63, 3.8) is 0 Å². The van der Waals surface area contributed by atoms with Crippen LogP contribution in [-0.4, -0.2) is 18.6 Å². The second-order valence-corrected chi connectivity index (χ2v) is 5.04. The third-order valence-corrected chi connectivity index (χ3v) is 3.31. The number of amides is 1. The van der Waals surface area contributed by atoms with Gasteiger partial charge in [0.2, 0.25) is 5.91 Å². The smallest absolute Gasteiger partial charge is 0.250 e. The third kappa shape index (κ3) is 3.09. The van der Waals surface area contributed by atoms with Crippen LogP contribution >= 0.6 is 15.9 Å². The summed E-state index contributed by atoms with van der Waals surface area (Å²) in [6.07, 6.45) is 1.21. The van der Waals surface area contributed by atoms with Gasteiger partial charge in [-0.2, -0.15) is 5.26 Å². The minimum Gasteiger partial charge on any atom is -0.368 e. The molecular formula is C13H13BrN2O2. The largest absolute Gasteiger partial charge is 0.368 e. The predicted octanol–water partition coefficient (Wildman–Crippen LogP) is 2.31. The molecule has 2 atom stereocenters. The van der Waals surface area contributed by atoms with Gasteiger partial charge in [-0.15, -0.1) is 0 Å². The molecule has 1 fully saturated rings. The Labute approximate surface area is 114 Å². The highest BCUT2D eigenvalue weighted by atomic mass is 79.9. The number of nitriles is 1. The van der Waals surface area contributed by atoms with E-state index in [2.05, 4.69) is 27.3 Å². The lowest BCUT2D eigenvalue weighted by molar-refractivity contribution is -0.130. The van der Waals surface area contributed by atoms with E-state index >= 15 is 0 Å². The van der Waals surface area contributed by atoms with Crippen LogP contribution in [0.5, 0.6) is 0 Å². The first-order chi connectivity index (χ1) is 8.70. The summed E-state index contributed by atoms with van der Waals surface area (Å²) < 4.78 is 6.17. The van der Waals surface area contributed by atoms with Crippen molar-refractivity contribution in [3.8, 4) is 6.07 Å². The number of hydrogen-bond acceptors (Lipinski definition) is 3. The van der Waals surface area contributed by atoms with Gasteiger partial charge >= 0.3 is 0 Å². The molecule has 1 N–H and O–H groups in total. The van der Waals surface area contributed by atoms with Gasteiger partial charge in [-0.05, 0) is 30.5 Å². The van der Waals surface area contributed by atoms with Gasteiger partial charge < -0.3 is 10.1 Å². The summed E-state index contributed by atoms with van der Waals surface area (Å²) in [7, 11) is 0. The van der Waals surface area contributed by atoms with E-state index in [1.807, 2.05) is 24.3 Å². The normalized spacial score (nSPS) is 20.1. The van der Waals surface area contributed by atoms with Gasteiger partial charge in [-0.1, -0.05) is 28.1 Å². The number of carbonyl (C=O) groups excluding carboxylic acids is 1. The Morgan fingerprint density at radius 1 is 1.61 bits per heavy atom. The van der Waals surface area contributed by atoms with Crippen LogP contribution in [0.1, 0.15) is 24.4 Å². The summed E-state index contributed by atoms with van der Waals surface area (Å²) in [6.45, 7) is 0.617. The molecule has 94 valence electrons. The Morgan fingerprint density at radius 2 is 2.44 bits per heavy atom. The number of nitrogens with one attached hydrogen (secondary N) is 1. The number of carbonyl (C=O) groups is 1. The molecule has 5 heteroatoms. The maximum atomic E-state index is 11.9. The fraction of sp³-hybridized carbons (Fsp3) is 0.385. The zero-order chi connectivity index (χ0) is 13.0. The Morgan fingerprint density at radius 3 is 3.06 bits per heavy atom. The SMILES string of the molecule is N#CC(NC(=O)C1CCCO1)c1cccc(Br)c1. The molecule has 1 aliphatic heterocycles. The van der Waals surface area contributed by atoms with Crippen molar-refractivity contribution in [2.45, 2.75) is 25.0 Å². The molecule has 1 aliphatic rings. The van der Waals surface area contributed by atoms with Gasteiger partial charge in [0.15, 0.2) is 0 Å². The molecule has 0 saturated carbocycles. The van der Waals surface area contributed by atoms with E-state index in [9.17, 15) is 4.79 Å². The first-order valence-corrected chi connectivity index (χ1v) is 6.57. The van der Waals surface area contributed by atoms with Crippen LogP contribution in [0, 0.1) is 11.3 Å². The lowest BCUT2D eigenvalue weighted by Gasteiger charge is -2.15. The van der Waals surface area contributed by atoms with Crippen molar-refractivity contribution in [3.05, 3.63) is 34.3 Å². The number of halogens is 1. The van der Waals surface area contributed by atoms with Crippen LogP contribution < -0.4 is 5.32 Å². The Kier molecular flexibility index (Phi) is 4.34. The van der Waals surface area contributed by atoms with Crippen LogP contribution in [0.25, 0.3) is 0 Å². The minimum atomic E-state index is -0.640. The Hall–Kier alpha value is -1.38. The second-order valence-electron chi connectivity index (χ2n) is 4.13. The predicted molar refractivity (Wildman–Crippen MR) is 69.6 cm³/mol. The third-order valence-electron chi connectivity index (χ3n) is 2.82. The van der Waals surface area contributed by atoms with E-state index in [4.69, 9.17) is 10.00 Å². The summed E-state index contributed by atoms with van der Waals surface area (Å²) in [4.78, 5) is 11.9. The van der Waals surface area contributed by atoms with Crippen LogP contribution in [0.4, 0.5) is 0 Å². The molecular weight excluding hydrogens is 296 g/mol. The van der Waals surface area contributed by atoms with Gasteiger partial charge in [0, 0.05) is 11.1 Å². The van der Waals surface area contributed by atoms with E-state index in [1.54, 1.807) is 0 Å². The molecule has 2 rings (SSSR count). The zero-order valence-corrected chi connectivity index (χ0v) is 11.3. The van der Waals surface area contributed by atoms with E-state index in [0.717, 1.165) is 22.9 Å². The highest BCUT2D eigenvalue weighted by Gasteiger charge is 2.26. The van der Waals surface area contributed by atoms with E-state index in [-0.39, 0.29) is 5.91 Å². The summed E-state index contributed by atoms with van der Waals surface area (Å²) in [5.41, 5.74) is 0.762. The maximum absolute atomic E-state index is 11.9. The number of ether oxygens (including phenoxy) is 1. The second kappa shape index (κ2) is 5.98. The first-order valence-electron chi connectivity index (χ1n) is 5.78. The standard InChI is InChI=1S/C13H13BrN2O2/c14-10-4-1-3-9(7-10)11(8-15)16-13(17)12-5-2-6-18-12/h1,3-4,7,11-12H,2,5-6H2,(H,16,17). The van der Waals surface area contributed by atoms with Crippen molar-refractivity contribution in [1.82, 2.24) is 5.32 Å². The Bertz CT molecular complexity index is 478. The van der Waals surface area contributed by atoms with Gasteiger partial charge in [-0.3, -0.25) is 4.79 Å². The molecule has 2 unspecified atom stereocenters. The van der Waals surface area contributed by atoms with E-state index in [1.165, 1.54) is 0 Å². The van der Waals surface area contributed by atoms with Crippen LogP contribution in [0.15, 0.2) is 28.7 Å². The van der Waals surface area contributed by atoms with Crippen LogP contribution in [0.2, 0.25) is 0 Å². The molecule has 0 bridgehead atoms. The highest BCUT2D eigenvalue weighted by molar-refractivity contribution is 9.10. The topological polar surface area (TPSA) is 62.1 Å². The molecule has 1 heterocycles. The van der Waals surface area contributed by atoms with Crippen molar-refractivity contribution in [2.24, 2.45) is 0 Å². The van der Waals surface area contributed by atoms with Crippen molar-refractivity contribution < 1.29 is 9.53 Å². The quantitative estimate of drug-likeness (QED) is 0.932. The average molecular weight is 309 g/mol. The fourth-order valence-corrected chi connectivity index (χ4v) is 2.31. The maximum Gasteiger partial charge on any atom is 0.250 e. The van der Waals surface area contributed by atoms with Gasteiger partial charge in [0.1, 0.15) is 12.1 Å². The molecule has 0 aromatic heterocycles. The van der Waals surface area contributed by atoms with Crippen LogP contribution in [0.3, 0.4) is 0 Å². The van der Waals surface area contributed by atoms with E-state index < -0.39 is 12.1 Å². The first kappa shape index (κ1) is 13.1. The average Bonchev–Trinajstić information content (AvgIpc) is 2.89. The monoisotopic (exact) mass is 308 g/mol. The number of hydrogen-bond donors (Lipinski definition) is 1. The number of rotatable bonds is 3. The van der Waals surface area contributed by atoms with Gasteiger partial charge in [0.25, 0.3) is 0 Å². The lowest BCUT2D eigenvalue weighted by Crippen LogP contribution is -2.36. The summed E-state index contributed by atoms with van der Waals surface area (Å²) >= 11 is 3.35. The number of benzene rings is 1.